The molecule has 0 spiro atoms. The summed E-state index contributed by atoms with van der Waals surface area (Å²) in [4.78, 5) is 11.7. The quantitative estimate of drug-likeness (QED) is 0.758. The van der Waals surface area contributed by atoms with Crippen molar-refractivity contribution >= 4 is 5.97 Å². The number of hydrogen-bond acceptors (Lipinski definition) is 3. The second kappa shape index (κ2) is 5.27. The SMILES string of the molecule is Cc1cc(F)ccc1C(=O)OCC1CCOC1. The van der Waals surface area contributed by atoms with E-state index in [4.69, 9.17) is 9.47 Å². The standard InChI is InChI=1S/C13H15FO3/c1-9-6-11(14)2-3-12(9)13(15)17-8-10-4-5-16-7-10/h2-3,6,10H,4-5,7-8H2,1H3. The first kappa shape index (κ1) is 12.0. The molecule has 0 radical (unpaired) electrons. The Labute approximate surface area is 99.5 Å². The van der Waals surface area contributed by atoms with Gasteiger partial charge in [0.25, 0.3) is 0 Å². The van der Waals surface area contributed by atoms with Gasteiger partial charge in [0.1, 0.15) is 5.82 Å². The third-order valence-corrected chi connectivity index (χ3v) is 2.88. The lowest BCUT2D eigenvalue weighted by molar-refractivity contribution is 0.0427. The van der Waals surface area contributed by atoms with Gasteiger partial charge in [0, 0.05) is 12.5 Å². The molecule has 1 saturated heterocycles. The summed E-state index contributed by atoms with van der Waals surface area (Å²) in [5.74, 6) is -0.447. The summed E-state index contributed by atoms with van der Waals surface area (Å²) >= 11 is 0. The Morgan fingerprint density at radius 2 is 2.41 bits per heavy atom. The Morgan fingerprint density at radius 1 is 1.59 bits per heavy atom. The van der Waals surface area contributed by atoms with Crippen molar-refractivity contribution in [3.63, 3.8) is 0 Å². The van der Waals surface area contributed by atoms with Crippen molar-refractivity contribution in [3.05, 3.63) is 35.1 Å². The first-order chi connectivity index (χ1) is 8.16. The Hall–Kier alpha value is -1.42. The fourth-order valence-electron chi connectivity index (χ4n) is 1.84. The Balaban J connectivity index is 1.94. The molecular weight excluding hydrogens is 223 g/mol. The summed E-state index contributed by atoms with van der Waals surface area (Å²) in [7, 11) is 0. The maximum atomic E-state index is 12.9. The summed E-state index contributed by atoms with van der Waals surface area (Å²) in [6, 6.07) is 4.05. The Bertz CT molecular complexity index is 411. The predicted octanol–water partition coefficient (Wildman–Crippen LogP) is 2.33. The zero-order valence-electron chi connectivity index (χ0n) is 9.74. The molecule has 0 aromatic heterocycles. The van der Waals surface area contributed by atoms with E-state index in [0.29, 0.717) is 30.3 Å². The number of aryl methyl sites for hydroxylation is 1. The van der Waals surface area contributed by atoms with Gasteiger partial charge in [0.15, 0.2) is 0 Å². The molecule has 2 rings (SSSR count). The van der Waals surface area contributed by atoms with E-state index >= 15 is 0 Å². The highest BCUT2D eigenvalue weighted by Crippen LogP contribution is 2.15. The van der Waals surface area contributed by atoms with E-state index in [2.05, 4.69) is 0 Å². The summed E-state index contributed by atoms with van der Waals surface area (Å²) in [6.07, 6.45) is 0.926. The number of carbonyl (C=O) groups excluding carboxylic acids is 1. The first-order valence-corrected chi connectivity index (χ1v) is 5.68. The molecular formula is C13H15FO3. The number of rotatable bonds is 3. The van der Waals surface area contributed by atoms with E-state index < -0.39 is 5.97 Å². The molecule has 1 aliphatic heterocycles. The van der Waals surface area contributed by atoms with Gasteiger partial charge in [-0.25, -0.2) is 9.18 Å². The van der Waals surface area contributed by atoms with E-state index in [9.17, 15) is 9.18 Å². The molecule has 1 aliphatic rings. The van der Waals surface area contributed by atoms with E-state index in [-0.39, 0.29) is 5.82 Å². The number of carbonyl (C=O) groups is 1. The van der Waals surface area contributed by atoms with Crippen molar-refractivity contribution in [2.75, 3.05) is 19.8 Å². The Kier molecular flexibility index (Phi) is 3.74. The third kappa shape index (κ3) is 3.03. The van der Waals surface area contributed by atoms with Crippen LogP contribution in [0.2, 0.25) is 0 Å². The highest BCUT2D eigenvalue weighted by Gasteiger charge is 2.18. The lowest BCUT2D eigenvalue weighted by atomic mass is 10.1. The van der Waals surface area contributed by atoms with Crippen molar-refractivity contribution < 1.29 is 18.7 Å². The van der Waals surface area contributed by atoms with Gasteiger partial charge in [0.2, 0.25) is 0 Å². The summed E-state index contributed by atoms with van der Waals surface area (Å²) in [6.45, 7) is 3.45. The van der Waals surface area contributed by atoms with Crippen LogP contribution in [0.5, 0.6) is 0 Å². The first-order valence-electron chi connectivity index (χ1n) is 5.68. The van der Waals surface area contributed by atoms with Gasteiger partial charge < -0.3 is 9.47 Å². The Morgan fingerprint density at radius 3 is 3.06 bits per heavy atom. The van der Waals surface area contributed by atoms with Crippen LogP contribution >= 0.6 is 0 Å². The van der Waals surface area contributed by atoms with E-state index in [1.165, 1.54) is 18.2 Å². The van der Waals surface area contributed by atoms with E-state index in [1.54, 1.807) is 6.92 Å². The largest absolute Gasteiger partial charge is 0.462 e. The second-order valence-corrected chi connectivity index (χ2v) is 4.29. The molecule has 3 nitrogen and oxygen atoms in total. The van der Waals surface area contributed by atoms with Crippen LogP contribution in [-0.4, -0.2) is 25.8 Å². The molecule has 0 bridgehead atoms. The third-order valence-electron chi connectivity index (χ3n) is 2.88. The number of hydrogen-bond donors (Lipinski definition) is 0. The zero-order valence-corrected chi connectivity index (χ0v) is 9.74. The van der Waals surface area contributed by atoms with Crippen LogP contribution in [0.3, 0.4) is 0 Å². The molecule has 1 unspecified atom stereocenters. The van der Waals surface area contributed by atoms with E-state index in [0.717, 1.165) is 13.0 Å². The van der Waals surface area contributed by atoms with E-state index in [1.807, 2.05) is 0 Å². The van der Waals surface area contributed by atoms with Crippen molar-refractivity contribution in [2.24, 2.45) is 5.92 Å². The molecule has 0 amide bonds. The number of halogens is 1. The predicted molar refractivity (Wildman–Crippen MR) is 60.3 cm³/mol. The molecule has 1 heterocycles. The lowest BCUT2D eigenvalue weighted by Crippen LogP contribution is -2.15. The van der Waals surface area contributed by atoms with Gasteiger partial charge in [-0.2, -0.15) is 0 Å². The van der Waals surface area contributed by atoms with Gasteiger partial charge in [0.05, 0.1) is 18.8 Å². The number of esters is 1. The number of benzene rings is 1. The fraction of sp³-hybridized carbons (Fsp3) is 0.462. The average molecular weight is 238 g/mol. The molecule has 0 saturated carbocycles. The normalized spacial score (nSPS) is 19.3. The highest BCUT2D eigenvalue weighted by atomic mass is 19.1. The minimum atomic E-state index is -0.394. The monoisotopic (exact) mass is 238 g/mol. The van der Waals surface area contributed by atoms with Gasteiger partial charge in [-0.05, 0) is 37.1 Å². The highest BCUT2D eigenvalue weighted by molar-refractivity contribution is 5.90. The maximum Gasteiger partial charge on any atom is 0.338 e. The van der Waals surface area contributed by atoms with Gasteiger partial charge >= 0.3 is 5.97 Å². The molecule has 0 aliphatic carbocycles. The molecule has 17 heavy (non-hydrogen) atoms. The smallest absolute Gasteiger partial charge is 0.338 e. The molecule has 1 aromatic carbocycles. The minimum absolute atomic E-state index is 0.291. The van der Waals surface area contributed by atoms with Crippen molar-refractivity contribution in [1.82, 2.24) is 0 Å². The van der Waals surface area contributed by atoms with Crippen LogP contribution in [0.4, 0.5) is 4.39 Å². The topological polar surface area (TPSA) is 35.5 Å². The van der Waals surface area contributed by atoms with Crippen LogP contribution < -0.4 is 0 Å². The molecule has 92 valence electrons. The summed E-state index contributed by atoms with van der Waals surface area (Å²) in [5, 5.41) is 0. The van der Waals surface area contributed by atoms with Crippen LogP contribution in [0.1, 0.15) is 22.3 Å². The van der Waals surface area contributed by atoms with Gasteiger partial charge in [-0.1, -0.05) is 0 Å². The van der Waals surface area contributed by atoms with Gasteiger partial charge in [-0.15, -0.1) is 0 Å². The van der Waals surface area contributed by atoms with Gasteiger partial charge in [-0.3, -0.25) is 0 Å². The number of ether oxygens (including phenoxy) is 2. The molecule has 0 N–H and O–H groups in total. The molecule has 1 fully saturated rings. The lowest BCUT2D eigenvalue weighted by Gasteiger charge is -2.10. The van der Waals surface area contributed by atoms with Crippen LogP contribution in [0.15, 0.2) is 18.2 Å². The zero-order chi connectivity index (χ0) is 12.3. The average Bonchev–Trinajstić information content (AvgIpc) is 2.78. The fourth-order valence-corrected chi connectivity index (χ4v) is 1.84. The minimum Gasteiger partial charge on any atom is -0.462 e. The second-order valence-electron chi connectivity index (χ2n) is 4.29. The molecule has 4 heteroatoms. The molecule has 1 atom stereocenters. The summed E-state index contributed by atoms with van der Waals surface area (Å²) < 4.78 is 23.3. The van der Waals surface area contributed by atoms with Crippen LogP contribution in [0.25, 0.3) is 0 Å². The van der Waals surface area contributed by atoms with Crippen LogP contribution in [0, 0.1) is 18.7 Å². The van der Waals surface area contributed by atoms with Crippen molar-refractivity contribution in [2.45, 2.75) is 13.3 Å². The molecule has 1 aromatic rings. The van der Waals surface area contributed by atoms with Crippen molar-refractivity contribution in [1.29, 1.82) is 0 Å². The van der Waals surface area contributed by atoms with Crippen molar-refractivity contribution in [3.8, 4) is 0 Å². The maximum absolute atomic E-state index is 12.9. The summed E-state index contributed by atoms with van der Waals surface area (Å²) in [5.41, 5.74) is 1.02. The van der Waals surface area contributed by atoms with Crippen LogP contribution in [-0.2, 0) is 9.47 Å².